The molecule has 0 fully saturated rings. The van der Waals surface area contributed by atoms with Crippen LogP contribution in [0, 0.1) is 0 Å². The van der Waals surface area contributed by atoms with Gasteiger partial charge in [0.25, 0.3) is 0 Å². The second-order valence-electron chi connectivity index (χ2n) is 4.75. The van der Waals surface area contributed by atoms with Crippen LogP contribution in [0.2, 0.25) is 0 Å². The summed E-state index contributed by atoms with van der Waals surface area (Å²) in [6.07, 6.45) is 0.742. The Kier molecular flexibility index (Phi) is 4.42. The molecule has 2 aromatic heterocycles. The fourth-order valence-electron chi connectivity index (χ4n) is 2.16. The summed E-state index contributed by atoms with van der Waals surface area (Å²) in [5, 5.41) is 5.37. The number of aryl methyl sites for hydroxylation is 1. The predicted molar refractivity (Wildman–Crippen MR) is 80.9 cm³/mol. The van der Waals surface area contributed by atoms with Crippen molar-refractivity contribution in [3.63, 3.8) is 0 Å². The lowest BCUT2D eigenvalue weighted by atomic mass is 10.1. The average molecular weight is 340 g/mol. The third kappa shape index (κ3) is 2.57. The van der Waals surface area contributed by atoms with E-state index in [0.717, 1.165) is 17.5 Å². The highest BCUT2D eigenvalue weighted by atomic mass is 79.9. The minimum atomic E-state index is -0.335. The first kappa shape index (κ1) is 15.0. The average Bonchev–Trinajstić information content (AvgIpc) is 2.76. The monoisotopic (exact) mass is 339 g/mol. The van der Waals surface area contributed by atoms with Crippen LogP contribution in [-0.2, 0) is 11.2 Å². The maximum atomic E-state index is 12.2. The van der Waals surface area contributed by atoms with Crippen LogP contribution in [0.15, 0.2) is 10.7 Å². The van der Waals surface area contributed by atoms with Crippen LogP contribution in [0.1, 0.15) is 49.8 Å². The highest BCUT2D eigenvalue weighted by Gasteiger charge is 2.21. The molecule has 0 bridgehead atoms. The first-order chi connectivity index (χ1) is 9.49. The number of hydrogen-bond donors (Lipinski definition) is 0. The molecule has 0 aliphatic rings. The number of fused-ring (bicyclic) bond motifs is 1. The number of ether oxygens (including phenoxy) is 1. The lowest BCUT2D eigenvalue weighted by molar-refractivity contribution is 0.0528. The molecule has 0 saturated heterocycles. The molecule has 2 heterocycles. The van der Waals surface area contributed by atoms with Gasteiger partial charge in [0.2, 0.25) is 0 Å². The van der Waals surface area contributed by atoms with Crippen LogP contribution in [0.3, 0.4) is 0 Å². The second-order valence-corrected chi connectivity index (χ2v) is 5.56. The molecule has 0 N–H and O–H groups in total. The van der Waals surface area contributed by atoms with Gasteiger partial charge in [-0.25, -0.2) is 14.5 Å². The third-order valence-corrected chi connectivity index (χ3v) is 3.43. The number of hydrogen-bond acceptors (Lipinski definition) is 4. The van der Waals surface area contributed by atoms with Crippen molar-refractivity contribution in [2.24, 2.45) is 0 Å². The van der Waals surface area contributed by atoms with Gasteiger partial charge in [-0.05, 0) is 49.2 Å². The number of esters is 1. The Balaban J connectivity index is 2.77. The number of carbonyl (C=O) groups is 1. The van der Waals surface area contributed by atoms with Crippen molar-refractivity contribution in [1.29, 1.82) is 0 Å². The Labute approximate surface area is 126 Å². The van der Waals surface area contributed by atoms with Crippen LogP contribution >= 0.6 is 15.9 Å². The van der Waals surface area contributed by atoms with Crippen LogP contribution in [0.5, 0.6) is 0 Å². The normalized spacial score (nSPS) is 11.3. The summed E-state index contributed by atoms with van der Waals surface area (Å²) in [5.41, 5.74) is 2.11. The fourth-order valence-corrected chi connectivity index (χ4v) is 2.55. The van der Waals surface area contributed by atoms with E-state index >= 15 is 0 Å². The molecule has 5 nitrogen and oxygen atoms in total. The van der Waals surface area contributed by atoms with Crippen LogP contribution in [-0.4, -0.2) is 27.3 Å². The Morgan fingerprint density at radius 2 is 2.15 bits per heavy atom. The summed E-state index contributed by atoms with van der Waals surface area (Å²) >= 11 is 3.36. The van der Waals surface area contributed by atoms with Crippen molar-refractivity contribution in [2.45, 2.75) is 40.2 Å². The van der Waals surface area contributed by atoms with E-state index in [1.54, 1.807) is 13.0 Å². The number of carbonyl (C=O) groups excluding carboxylic acids is 1. The zero-order chi connectivity index (χ0) is 14.9. The second kappa shape index (κ2) is 5.91. The van der Waals surface area contributed by atoms with Gasteiger partial charge < -0.3 is 4.74 Å². The Morgan fingerprint density at radius 1 is 1.45 bits per heavy atom. The van der Waals surface area contributed by atoms with Gasteiger partial charge >= 0.3 is 5.97 Å². The van der Waals surface area contributed by atoms with E-state index in [1.165, 1.54) is 0 Å². The lowest BCUT2D eigenvalue weighted by Gasteiger charge is -2.08. The van der Waals surface area contributed by atoms with Gasteiger partial charge in [0.05, 0.1) is 23.3 Å². The number of pyridine rings is 1. The third-order valence-electron chi connectivity index (χ3n) is 3.02. The van der Waals surface area contributed by atoms with Gasteiger partial charge in [-0.1, -0.05) is 6.92 Å². The van der Waals surface area contributed by atoms with Crippen molar-refractivity contribution in [2.75, 3.05) is 6.61 Å². The van der Waals surface area contributed by atoms with Crippen LogP contribution in [0.25, 0.3) is 11.0 Å². The SMILES string of the molecule is CCOC(=O)c1cc(Br)nc2c1c(CC)nn2C(C)C. The van der Waals surface area contributed by atoms with Crippen molar-refractivity contribution < 1.29 is 9.53 Å². The van der Waals surface area contributed by atoms with Crippen molar-refractivity contribution in [3.8, 4) is 0 Å². The van der Waals surface area contributed by atoms with E-state index in [9.17, 15) is 4.79 Å². The standard InChI is InChI=1S/C14H18BrN3O2/c1-5-10-12-9(14(19)20-6-2)7-11(15)16-13(12)18(17-10)8(3)4/h7-8H,5-6H2,1-4H3. The topological polar surface area (TPSA) is 57.0 Å². The van der Waals surface area contributed by atoms with Crippen molar-refractivity contribution in [3.05, 3.63) is 21.9 Å². The fraction of sp³-hybridized carbons (Fsp3) is 0.500. The minimum Gasteiger partial charge on any atom is -0.462 e. The molecule has 2 rings (SSSR count). The number of aromatic nitrogens is 3. The van der Waals surface area contributed by atoms with Crippen LogP contribution in [0.4, 0.5) is 0 Å². The molecule has 20 heavy (non-hydrogen) atoms. The van der Waals surface area contributed by atoms with Gasteiger partial charge in [0.1, 0.15) is 4.60 Å². The van der Waals surface area contributed by atoms with E-state index in [-0.39, 0.29) is 12.0 Å². The maximum Gasteiger partial charge on any atom is 0.339 e. The summed E-state index contributed by atoms with van der Waals surface area (Å²) in [5.74, 6) is -0.335. The van der Waals surface area contributed by atoms with Gasteiger partial charge in [-0.3, -0.25) is 0 Å². The van der Waals surface area contributed by atoms with Gasteiger partial charge in [0.15, 0.2) is 5.65 Å². The Bertz CT molecular complexity index is 649. The molecular weight excluding hydrogens is 322 g/mol. The molecule has 0 spiro atoms. The molecule has 2 aromatic rings. The van der Waals surface area contributed by atoms with Gasteiger partial charge in [-0.2, -0.15) is 5.10 Å². The summed E-state index contributed by atoms with van der Waals surface area (Å²) in [6, 6.07) is 1.88. The quantitative estimate of drug-likeness (QED) is 0.631. The van der Waals surface area contributed by atoms with Gasteiger partial charge in [0, 0.05) is 6.04 Å². The highest BCUT2D eigenvalue weighted by molar-refractivity contribution is 9.10. The Morgan fingerprint density at radius 3 is 2.70 bits per heavy atom. The lowest BCUT2D eigenvalue weighted by Crippen LogP contribution is -2.07. The molecule has 0 unspecified atom stereocenters. The van der Waals surface area contributed by atoms with E-state index < -0.39 is 0 Å². The summed E-state index contributed by atoms with van der Waals surface area (Å²) in [7, 11) is 0. The first-order valence-corrected chi connectivity index (χ1v) is 7.53. The molecule has 6 heteroatoms. The zero-order valence-corrected chi connectivity index (χ0v) is 13.7. The molecular formula is C14H18BrN3O2. The number of nitrogens with zero attached hydrogens (tertiary/aromatic N) is 3. The van der Waals surface area contributed by atoms with E-state index in [1.807, 2.05) is 25.5 Å². The Hall–Kier alpha value is -1.43. The molecule has 0 saturated carbocycles. The smallest absolute Gasteiger partial charge is 0.339 e. The first-order valence-electron chi connectivity index (χ1n) is 6.74. The molecule has 108 valence electrons. The van der Waals surface area contributed by atoms with Crippen LogP contribution < -0.4 is 0 Å². The van der Waals surface area contributed by atoms with Gasteiger partial charge in [-0.15, -0.1) is 0 Å². The number of halogens is 1. The zero-order valence-electron chi connectivity index (χ0n) is 12.1. The van der Waals surface area contributed by atoms with E-state index in [0.29, 0.717) is 22.4 Å². The van der Waals surface area contributed by atoms with E-state index in [2.05, 4.69) is 26.0 Å². The summed E-state index contributed by atoms with van der Waals surface area (Å²) in [6.45, 7) is 8.24. The van der Waals surface area contributed by atoms with Crippen molar-refractivity contribution >= 4 is 32.9 Å². The molecule has 0 aromatic carbocycles. The molecule has 0 radical (unpaired) electrons. The highest BCUT2D eigenvalue weighted by Crippen LogP contribution is 2.27. The molecule has 0 amide bonds. The maximum absolute atomic E-state index is 12.2. The minimum absolute atomic E-state index is 0.176. The van der Waals surface area contributed by atoms with E-state index in [4.69, 9.17) is 4.74 Å². The number of rotatable bonds is 4. The molecule has 0 aliphatic heterocycles. The molecule has 0 aliphatic carbocycles. The predicted octanol–water partition coefficient (Wildman–Crippen LogP) is 3.51. The summed E-state index contributed by atoms with van der Waals surface area (Å²) in [4.78, 5) is 16.6. The molecule has 0 atom stereocenters. The van der Waals surface area contributed by atoms with Crippen molar-refractivity contribution in [1.82, 2.24) is 14.8 Å². The largest absolute Gasteiger partial charge is 0.462 e. The summed E-state index contributed by atoms with van der Waals surface area (Å²) < 4.78 is 7.59.